The number of hydrogen-bond donors (Lipinski definition) is 2. The van der Waals surface area contributed by atoms with Crippen molar-refractivity contribution >= 4 is 5.91 Å². The Morgan fingerprint density at radius 1 is 1.42 bits per heavy atom. The van der Waals surface area contributed by atoms with E-state index in [1.807, 2.05) is 24.7 Å². The van der Waals surface area contributed by atoms with Crippen LogP contribution in [0.2, 0.25) is 0 Å². The maximum absolute atomic E-state index is 11.8. The third-order valence-electron chi connectivity index (χ3n) is 3.19. The van der Waals surface area contributed by atoms with Crippen LogP contribution in [0.5, 0.6) is 0 Å². The average Bonchev–Trinajstić information content (AvgIpc) is 2.80. The smallest absolute Gasteiger partial charge is 0.236 e. The molecule has 2 N–H and O–H groups in total. The van der Waals surface area contributed by atoms with E-state index in [9.17, 15) is 4.79 Å². The predicted molar refractivity (Wildman–Crippen MR) is 76.9 cm³/mol. The fourth-order valence-corrected chi connectivity index (χ4v) is 1.87. The monoisotopic (exact) mass is 266 g/mol. The molecule has 0 spiro atoms. The molecule has 0 aliphatic carbocycles. The highest BCUT2D eigenvalue weighted by atomic mass is 16.2. The quantitative estimate of drug-likeness (QED) is 0.661. The van der Waals surface area contributed by atoms with Crippen LogP contribution in [0.4, 0.5) is 0 Å². The van der Waals surface area contributed by atoms with Gasteiger partial charge in [-0.25, -0.2) is 4.98 Å². The van der Waals surface area contributed by atoms with E-state index in [2.05, 4.69) is 22.5 Å². The first kappa shape index (κ1) is 15.7. The molecule has 1 aromatic rings. The van der Waals surface area contributed by atoms with Gasteiger partial charge in [-0.15, -0.1) is 0 Å². The molecule has 0 aromatic carbocycles. The molecule has 0 aliphatic rings. The van der Waals surface area contributed by atoms with Gasteiger partial charge in [-0.2, -0.15) is 0 Å². The number of unbranched alkanes of at least 4 members (excludes halogenated alkanes) is 2. The van der Waals surface area contributed by atoms with Crippen molar-refractivity contribution < 1.29 is 4.79 Å². The van der Waals surface area contributed by atoms with Crippen LogP contribution < -0.4 is 10.6 Å². The molecule has 1 aromatic heterocycles. The van der Waals surface area contributed by atoms with Gasteiger partial charge in [0.15, 0.2) is 0 Å². The van der Waals surface area contributed by atoms with Crippen molar-refractivity contribution in [2.45, 2.75) is 45.6 Å². The topological polar surface area (TPSA) is 59.0 Å². The number of carbonyl (C=O) groups excluding carboxylic acids is 1. The van der Waals surface area contributed by atoms with Gasteiger partial charge in [0.2, 0.25) is 5.91 Å². The van der Waals surface area contributed by atoms with Gasteiger partial charge in [0.1, 0.15) is 5.82 Å². The lowest BCUT2D eigenvalue weighted by Crippen LogP contribution is -2.43. The van der Waals surface area contributed by atoms with Gasteiger partial charge in [0.05, 0.1) is 6.04 Å². The standard InChI is InChI=1S/C14H26N4O/c1-4-5-6-8-17-14(19)12(2)15-9-7-13-16-10-11-18(13)3/h10-12,15H,4-9H2,1-3H3,(H,17,19). The van der Waals surface area contributed by atoms with E-state index < -0.39 is 0 Å². The minimum atomic E-state index is -0.151. The molecule has 0 saturated heterocycles. The zero-order chi connectivity index (χ0) is 14.1. The highest BCUT2D eigenvalue weighted by Gasteiger charge is 2.11. The van der Waals surface area contributed by atoms with Crippen LogP contribution in [0.15, 0.2) is 12.4 Å². The fourth-order valence-electron chi connectivity index (χ4n) is 1.87. The molecule has 1 atom stereocenters. The van der Waals surface area contributed by atoms with Crippen LogP contribution >= 0.6 is 0 Å². The van der Waals surface area contributed by atoms with Crippen LogP contribution in [0.1, 0.15) is 38.9 Å². The minimum absolute atomic E-state index is 0.0796. The first-order valence-electron chi connectivity index (χ1n) is 7.12. The highest BCUT2D eigenvalue weighted by Crippen LogP contribution is 1.95. The Morgan fingerprint density at radius 2 is 2.21 bits per heavy atom. The zero-order valence-corrected chi connectivity index (χ0v) is 12.3. The van der Waals surface area contributed by atoms with Gasteiger partial charge in [0.25, 0.3) is 0 Å². The average molecular weight is 266 g/mol. The molecule has 0 aliphatic heterocycles. The third kappa shape index (κ3) is 5.87. The lowest BCUT2D eigenvalue weighted by Gasteiger charge is -2.13. The summed E-state index contributed by atoms with van der Waals surface area (Å²) in [7, 11) is 1.98. The molecule has 108 valence electrons. The molecule has 0 fully saturated rings. The van der Waals surface area contributed by atoms with Crippen molar-refractivity contribution in [2.75, 3.05) is 13.1 Å². The maximum atomic E-state index is 11.8. The molecular formula is C14H26N4O. The van der Waals surface area contributed by atoms with Crippen molar-refractivity contribution in [1.29, 1.82) is 0 Å². The second-order valence-electron chi connectivity index (χ2n) is 4.88. The Bertz CT molecular complexity index is 375. The van der Waals surface area contributed by atoms with E-state index in [-0.39, 0.29) is 11.9 Å². The third-order valence-corrected chi connectivity index (χ3v) is 3.19. The Morgan fingerprint density at radius 3 is 2.84 bits per heavy atom. The molecule has 1 unspecified atom stereocenters. The van der Waals surface area contributed by atoms with E-state index in [4.69, 9.17) is 0 Å². The second kappa shape index (κ2) is 8.69. The number of aryl methyl sites for hydroxylation is 1. The number of carbonyl (C=O) groups is 1. The molecule has 19 heavy (non-hydrogen) atoms. The molecule has 1 heterocycles. The summed E-state index contributed by atoms with van der Waals surface area (Å²) >= 11 is 0. The van der Waals surface area contributed by atoms with Gasteiger partial charge >= 0.3 is 0 Å². The Kier molecular flexibility index (Phi) is 7.18. The van der Waals surface area contributed by atoms with Crippen LogP contribution in [0.25, 0.3) is 0 Å². The number of nitrogens with zero attached hydrogens (tertiary/aromatic N) is 2. The first-order chi connectivity index (χ1) is 9.15. The Labute approximate surface area is 115 Å². The Hall–Kier alpha value is -1.36. The largest absolute Gasteiger partial charge is 0.355 e. The van der Waals surface area contributed by atoms with Crippen LogP contribution in [0.3, 0.4) is 0 Å². The number of imidazole rings is 1. The number of rotatable bonds is 9. The van der Waals surface area contributed by atoms with Crippen molar-refractivity contribution in [3.05, 3.63) is 18.2 Å². The Balaban J connectivity index is 2.14. The summed E-state index contributed by atoms with van der Waals surface area (Å²) in [5, 5.41) is 6.17. The summed E-state index contributed by atoms with van der Waals surface area (Å²) in [6, 6.07) is -0.151. The lowest BCUT2D eigenvalue weighted by molar-refractivity contribution is -0.122. The zero-order valence-electron chi connectivity index (χ0n) is 12.3. The summed E-state index contributed by atoms with van der Waals surface area (Å²) in [4.78, 5) is 16.0. The number of hydrogen-bond acceptors (Lipinski definition) is 3. The molecule has 0 saturated carbocycles. The highest BCUT2D eigenvalue weighted by molar-refractivity contribution is 5.81. The van der Waals surface area contributed by atoms with Crippen molar-refractivity contribution in [3.8, 4) is 0 Å². The maximum Gasteiger partial charge on any atom is 0.236 e. The second-order valence-corrected chi connectivity index (χ2v) is 4.88. The van der Waals surface area contributed by atoms with Gasteiger partial charge < -0.3 is 15.2 Å². The van der Waals surface area contributed by atoms with Gasteiger partial charge in [-0.3, -0.25) is 4.79 Å². The number of aromatic nitrogens is 2. The van der Waals surface area contributed by atoms with Gasteiger partial charge in [-0.1, -0.05) is 19.8 Å². The minimum Gasteiger partial charge on any atom is -0.355 e. The summed E-state index contributed by atoms with van der Waals surface area (Å²) in [6.07, 6.45) is 7.95. The van der Waals surface area contributed by atoms with Crippen LogP contribution in [-0.4, -0.2) is 34.6 Å². The fraction of sp³-hybridized carbons (Fsp3) is 0.714. The van der Waals surface area contributed by atoms with Crippen molar-refractivity contribution in [1.82, 2.24) is 20.2 Å². The molecule has 1 rings (SSSR count). The summed E-state index contributed by atoms with van der Waals surface area (Å²) in [5.74, 6) is 1.11. The summed E-state index contributed by atoms with van der Waals surface area (Å²) in [5.41, 5.74) is 0. The predicted octanol–water partition coefficient (Wildman–Crippen LogP) is 1.25. The van der Waals surface area contributed by atoms with E-state index in [1.165, 1.54) is 12.8 Å². The van der Waals surface area contributed by atoms with E-state index in [1.54, 1.807) is 6.20 Å². The van der Waals surface area contributed by atoms with E-state index in [0.717, 1.165) is 31.8 Å². The molecule has 1 amide bonds. The van der Waals surface area contributed by atoms with Crippen molar-refractivity contribution in [2.24, 2.45) is 7.05 Å². The molecule has 5 heteroatoms. The van der Waals surface area contributed by atoms with Crippen LogP contribution in [0, 0.1) is 0 Å². The lowest BCUT2D eigenvalue weighted by atomic mass is 10.2. The molecule has 0 bridgehead atoms. The molecular weight excluding hydrogens is 240 g/mol. The first-order valence-corrected chi connectivity index (χ1v) is 7.12. The number of amides is 1. The number of nitrogens with one attached hydrogen (secondary N) is 2. The summed E-state index contributed by atoms with van der Waals surface area (Å²) in [6.45, 7) is 5.59. The van der Waals surface area contributed by atoms with Gasteiger partial charge in [0, 0.05) is 39.0 Å². The van der Waals surface area contributed by atoms with E-state index in [0.29, 0.717) is 0 Å². The SMILES string of the molecule is CCCCCNC(=O)C(C)NCCc1nccn1C. The molecule has 5 nitrogen and oxygen atoms in total. The van der Waals surface area contributed by atoms with Gasteiger partial charge in [-0.05, 0) is 13.3 Å². The van der Waals surface area contributed by atoms with E-state index >= 15 is 0 Å². The molecule has 0 radical (unpaired) electrons. The normalized spacial score (nSPS) is 12.4. The summed E-state index contributed by atoms with van der Waals surface area (Å²) < 4.78 is 2.00. The van der Waals surface area contributed by atoms with Crippen LogP contribution in [-0.2, 0) is 18.3 Å². The van der Waals surface area contributed by atoms with Crippen molar-refractivity contribution in [3.63, 3.8) is 0 Å².